The Morgan fingerprint density at radius 3 is 2.70 bits per heavy atom. The number of urea groups is 1. The lowest BCUT2D eigenvalue weighted by molar-refractivity contribution is 0.262. The van der Waals surface area contributed by atoms with E-state index in [4.69, 9.17) is 4.74 Å². The zero-order chi connectivity index (χ0) is 14.4. The molecule has 2 aromatic rings. The van der Waals surface area contributed by atoms with E-state index in [1.165, 1.54) is 0 Å². The zero-order valence-corrected chi connectivity index (χ0v) is 11.1. The number of para-hydroxylation sites is 1. The van der Waals surface area contributed by atoms with Crippen LogP contribution in [0.1, 0.15) is 5.56 Å². The highest BCUT2D eigenvalue weighted by atomic mass is 16.5. The topological polar surface area (TPSA) is 70.6 Å². The maximum absolute atomic E-state index is 11.9. The zero-order valence-electron chi connectivity index (χ0n) is 11.1. The first kappa shape index (κ1) is 13.9. The third-order valence-corrected chi connectivity index (χ3v) is 2.76. The van der Waals surface area contributed by atoms with E-state index in [-0.39, 0.29) is 12.6 Å². The molecule has 0 aliphatic heterocycles. The molecule has 5 heteroatoms. The lowest BCUT2D eigenvalue weighted by Crippen LogP contribution is -2.20. The highest BCUT2D eigenvalue weighted by Crippen LogP contribution is 2.18. The molecule has 0 saturated heterocycles. The average molecular weight is 272 g/mol. The van der Waals surface area contributed by atoms with Gasteiger partial charge in [-0.2, -0.15) is 0 Å². The minimum absolute atomic E-state index is 0.129. The normalized spacial score (nSPS) is 9.90. The number of nitrogens with one attached hydrogen (secondary N) is 2. The van der Waals surface area contributed by atoms with Crippen LogP contribution in [0.2, 0.25) is 0 Å². The first-order chi connectivity index (χ1) is 9.72. The number of hydrogen-bond donors (Lipinski definition) is 3. The van der Waals surface area contributed by atoms with Crippen LogP contribution in [0.3, 0.4) is 0 Å². The largest absolute Gasteiger partial charge is 0.497 e. The van der Waals surface area contributed by atoms with E-state index in [1.54, 1.807) is 55.6 Å². The molecule has 0 aliphatic carbocycles. The van der Waals surface area contributed by atoms with Gasteiger partial charge in [0.05, 0.1) is 13.7 Å². The van der Waals surface area contributed by atoms with Crippen molar-refractivity contribution in [3.8, 4) is 5.75 Å². The van der Waals surface area contributed by atoms with Crippen molar-refractivity contribution in [1.82, 2.24) is 0 Å². The van der Waals surface area contributed by atoms with Gasteiger partial charge in [-0.3, -0.25) is 0 Å². The molecule has 5 nitrogen and oxygen atoms in total. The Hall–Kier alpha value is -2.53. The number of rotatable bonds is 4. The van der Waals surface area contributed by atoms with Gasteiger partial charge in [0.25, 0.3) is 0 Å². The van der Waals surface area contributed by atoms with Gasteiger partial charge in [-0.15, -0.1) is 0 Å². The van der Waals surface area contributed by atoms with Gasteiger partial charge in [0.1, 0.15) is 5.75 Å². The highest BCUT2D eigenvalue weighted by Gasteiger charge is 2.06. The molecular weight excluding hydrogens is 256 g/mol. The molecule has 2 rings (SSSR count). The number of amides is 2. The number of benzene rings is 2. The summed E-state index contributed by atoms with van der Waals surface area (Å²) in [6.45, 7) is -0.129. The smallest absolute Gasteiger partial charge is 0.323 e. The molecule has 0 fully saturated rings. The lowest BCUT2D eigenvalue weighted by Gasteiger charge is -2.11. The molecule has 0 aliphatic rings. The number of hydrogen-bond acceptors (Lipinski definition) is 3. The third-order valence-electron chi connectivity index (χ3n) is 2.76. The second-order valence-corrected chi connectivity index (χ2v) is 4.13. The number of aliphatic hydroxyl groups is 1. The molecule has 0 atom stereocenters. The van der Waals surface area contributed by atoms with Gasteiger partial charge in [0, 0.05) is 23.0 Å². The molecule has 104 valence electrons. The summed E-state index contributed by atoms with van der Waals surface area (Å²) in [4.78, 5) is 11.9. The van der Waals surface area contributed by atoms with Crippen molar-refractivity contribution < 1.29 is 14.6 Å². The summed E-state index contributed by atoms with van der Waals surface area (Å²) in [5, 5.41) is 14.6. The van der Waals surface area contributed by atoms with Crippen LogP contribution in [0.25, 0.3) is 0 Å². The van der Waals surface area contributed by atoms with E-state index in [1.807, 2.05) is 0 Å². The van der Waals surface area contributed by atoms with E-state index in [2.05, 4.69) is 10.6 Å². The van der Waals surface area contributed by atoms with Crippen LogP contribution in [-0.4, -0.2) is 18.2 Å². The van der Waals surface area contributed by atoms with Crippen molar-refractivity contribution >= 4 is 17.4 Å². The fourth-order valence-electron chi connectivity index (χ4n) is 1.77. The van der Waals surface area contributed by atoms with Gasteiger partial charge in [-0.1, -0.05) is 24.3 Å². The van der Waals surface area contributed by atoms with Crippen LogP contribution < -0.4 is 15.4 Å². The Morgan fingerprint density at radius 2 is 1.95 bits per heavy atom. The Kier molecular flexibility index (Phi) is 4.57. The standard InChI is InChI=1S/C15H16N2O3/c1-20-13-7-4-6-12(9-13)16-15(19)17-14-8-3-2-5-11(14)10-18/h2-9,18H,10H2,1H3,(H2,16,17,19). The van der Waals surface area contributed by atoms with Gasteiger partial charge < -0.3 is 20.5 Å². The molecule has 3 N–H and O–H groups in total. The quantitative estimate of drug-likeness (QED) is 0.801. The Morgan fingerprint density at radius 1 is 1.15 bits per heavy atom. The molecule has 0 radical (unpaired) electrons. The van der Waals surface area contributed by atoms with Crippen molar-refractivity contribution in [2.75, 3.05) is 17.7 Å². The van der Waals surface area contributed by atoms with Gasteiger partial charge >= 0.3 is 6.03 Å². The predicted octanol–water partition coefficient (Wildman–Crippen LogP) is 2.83. The molecule has 2 amide bonds. The summed E-state index contributed by atoms with van der Waals surface area (Å²) in [5.41, 5.74) is 1.87. The van der Waals surface area contributed by atoms with Crippen LogP contribution in [0.5, 0.6) is 5.75 Å². The summed E-state index contributed by atoms with van der Waals surface area (Å²) in [5.74, 6) is 0.665. The van der Waals surface area contributed by atoms with E-state index < -0.39 is 0 Å². The molecule has 0 unspecified atom stereocenters. The summed E-state index contributed by atoms with van der Waals surface area (Å²) in [6.07, 6.45) is 0. The van der Waals surface area contributed by atoms with Crippen molar-refractivity contribution in [2.24, 2.45) is 0 Å². The molecular formula is C15H16N2O3. The summed E-state index contributed by atoms with van der Waals surface area (Å²) in [6, 6.07) is 13.8. The summed E-state index contributed by atoms with van der Waals surface area (Å²) >= 11 is 0. The Labute approximate surface area is 117 Å². The van der Waals surface area contributed by atoms with Gasteiger partial charge in [-0.05, 0) is 18.2 Å². The first-order valence-electron chi connectivity index (χ1n) is 6.13. The fraction of sp³-hybridized carbons (Fsp3) is 0.133. The molecule has 0 spiro atoms. The van der Waals surface area contributed by atoms with Crippen molar-refractivity contribution in [3.63, 3.8) is 0 Å². The van der Waals surface area contributed by atoms with Gasteiger partial charge in [0.15, 0.2) is 0 Å². The maximum Gasteiger partial charge on any atom is 0.323 e. The van der Waals surface area contributed by atoms with Crippen LogP contribution in [0.4, 0.5) is 16.2 Å². The number of carbonyl (C=O) groups excluding carboxylic acids is 1. The maximum atomic E-state index is 11.9. The van der Waals surface area contributed by atoms with E-state index >= 15 is 0 Å². The lowest BCUT2D eigenvalue weighted by atomic mass is 10.2. The average Bonchev–Trinajstić information content (AvgIpc) is 2.48. The molecule has 0 saturated carbocycles. The summed E-state index contributed by atoms with van der Waals surface area (Å²) in [7, 11) is 1.57. The van der Waals surface area contributed by atoms with Gasteiger partial charge in [-0.25, -0.2) is 4.79 Å². The van der Waals surface area contributed by atoms with Crippen molar-refractivity contribution in [3.05, 3.63) is 54.1 Å². The molecule has 0 bridgehead atoms. The Bertz CT molecular complexity index is 599. The Balaban J connectivity index is 2.05. The summed E-state index contributed by atoms with van der Waals surface area (Å²) < 4.78 is 5.09. The number of ether oxygens (including phenoxy) is 1. The second kappa shape index (κ2) is 6.58. The number of methoxy groups -OCH3 is 1. The number of carbonyl (C=O) groups is 1. The van der Waals surface area contributed by atoms with Crippen LogP contribution in [-0.2, 0) is 6.61 Å². The van der Waals surface area contributed by atoms with Gasteiger partial charge in [0.2, 0.25) is 0 Å². The molecule has 20 heavy (non-hydrogen) atoms. The van der Waals surface area contributed by atoms with E-state index in [9.17, 15) is 9.90 Å². The van der Waals surface area contributed by atoms with E-state index in [0.29, 0.717) is 22.7 Å². The molecule has 2 aromatic carbocycles. The monoisotopic (exact) mass is 272 g/mol. The third kappa shape index (κ3) is 3.49. The second-order valence-electron chi connectivity index (χ2n) is 4.13. The minimum Gasteiger partial charge on any atom is -0.497 e. The van der Waals surface area contributed by atoms with Crippen LogP contribution in [0.15, 0.2) is 48.5 Å². The molecule has 0 heterocycles. The molecule has 0 aromatic heterocycles. The number of aliphatic hydroxyl groups excluding tert-OH is 1. The fourth-order valence-corrected chi connectivity index (χ4v) is 1.77. The van der Waals surface area contributed by atoms with Crippen molar-refractivity contribution in [1.29, 1.82) is 0 Å². The number of anilines is 2. The predicted molar refractivity (Wildman–Crippen MR) is 78.0 cm³/mol. The minimum atomic E-state index is -0.376. The first-order valence-corrected chi connectivity index (χ1v) is 6.13. The van der Waals surface area contributed by atoms with Crippen molar-refractivity contribution in [2.45, 2.75) is 6.61 Å². The SMILES string of the molecule is COc1cccc(NC(=O)Nc2ccccc2CO)c1. The highest BCUT2D eigenvalue weighted by molar-refractivity contribution is 6.00. The van der Waals surface area contributed by atoms with Crippen LogP contribution in [0, 0.1) is 0 Å². The van der Waals surface area contributed by atoms with Crippen LogP contribution >= 0.6 is 0 Å². The van der Waals surface area contributed by atoms with E-state index in [0.717, 1.165) is 0 Å².